The molecular formula is C19H19FN2O. The molecule has 0 atom stereocenters. The number of fused-ring (bicyclic) bond motifs is 1. The molecule has 3 nitrogen and oxygen atoms in total. The van der Waals surface area contributed by atoms with Crippen LogP contribution in [0.2, 0.25) is 0 Å². The summed E-state index contributed by atoms with van der Waals surface area (Å²) < 4.78 is 15.7. The summed E-state index contributed by atoms with van der Waals surface area (Å²) in [5.74, 6) is 0.0748. The second-order valence-electron chi connectivity index (χ2n) is 6.80. The number of rotatable bonds is 1. The molecule has 3 aromatic rings. The summed E-state index contributed by atoms with van der Waals surface area (Å²) in [5.41, 5.74) is 1.46. The fourth-order valence-electron chi connectivity index (χ4n) is 2.63. The highest BCUT2D eigenvalue weighted by Crippen LogP contribution is 2.24. The third kappa shape index (κ3) is 2.65. The molecule has 0 unspecified atom stereocenters. The molecule has 2 aromatic carbocycles. The molecule has 3 rings (SSSR count). The molecule has 0 aliphatic rings. The second-order valence-corrected chi connectivity index (χ2v) is 6.80. The van der Waals surface area contributed by atoms with Gasteiger partial charge in [-0.1, -0.05) is 44.5 Å². The van der Waals surface area contributed by atoms with Gasteiger partial charge in [-0.15, -0.1) is 0 Å². The van der Waals surface area contributed by atoms with Crippen LogP contribution in [0.4, 0.5) is 4.39 Å². The topological polar surface area (TPSA) is 34.9 Å². The van der Waals surface area contributed by atoms with E-state index in [1.165, 1.54) is 10.6 Å². The van der Waals surface area contributed by atoms with Crippen molar-refractivity contribution in [3.63, 3.8) is 0 Å². The van der Waals surface area contributed by atoms with Gasteiger partial charge in [0.1, 0.15) is 17.0 Å². The van der Waals surface area contributed by atoms with Crippen LogP contribution in [0.1, 0.15) is 32.2 Å². The summed E-state index contributed by atoms with van der Waals surface area (Å²) in [4.78, 5) is 17.6. The molecule has 0 bridgehead atoms. The quantitative estimate of drug-likeness (QED) is 0.677. The number of aryl methyl sites for hydroxylation is 1. The summed E-state index contributed by atoms with van der Waals surface area (Å²) in [6, 6.07) is 12.1. The maximum absolute atomic E-state index is 14.2. The van der Waals surface area contributed by atoms with Gasteiger partial charge in [0.05, 0.1) is 11.2 Å². The molecule has 0 saturated carbocycles. The first kappa shape index (κ1) is 15.4. The summed E-state index contributed by atoms with van der Waals surface area (Å²) in [6.07, 6.45) is 0. The molecule has 4 heteroatoms. The average Bonchev–Trinajstić information content (AvgIpc) is 2.47. The van der Waals surface area contributed by atoms with Crippen molar-refractivity contribution in [3.05, 3.63) is 70.0 Å². The fraction of sp³-hybridized carbons (Fsp3) is 0.263. The maximum atomic E-state index is 14.2. The number of nitrogens with zero attached hydrogens (tertiary/aromatic N) is 2. The van der Waals surface area contributed by atoms with E-state index < -0.39 is 5.82 Å². The van der Waals surface area contributed by atoms with Gasteiger partial charge in [0.25, 0.3) is 5.56 Å². The van der Waals surface area contributed by atoms with E-state index in [4.69, 9.17) is 0 Å². The Balaban J connectivity index is 2.47. The SMILES string of the molecule is Cc1ccc(-n2c(C(C)(C)C)nc3cccc(F)c3c2=O)cc1. The Labute approximate surface area is 134 Å². The predicted molar refractivity (Wildman–Crippen MR) is 90.7 cm³/mol. The van der Waals surface area contributed by atoms with E-state index in [9.17, 15) is 9.18 Å². The molecular weight excluding hydrogens is 291 g/mol. The van der Waals surface area contributed by atoms with Crippen LogP contribution < -0.4 is 5.56 Å². The predicted octanol–water partition coefficient (Wildman–Crippen LogP) is 4.13. The van der Waals surface area contributed by atoms with Crippen molar-refractivity contribution in [3.8, 4) is 5.69 Å². The summed E-state index contributed by atoms with van der Waals surface area (Å²) in [7, 11) is 0. The molecule has 0 aliphatic carbocycles. The lowest BCUT2D eigenvalue weighted by molar-refractivity contribution is 0.525. The second kappa shape index (κ2) is 5.30. The first-order chi connectivity index (χ1) is 10.8. The molecule has 0 aliphatic heterocycles. The molecule has 0 saturated heterocycles. The van der Waals surface area contributed by atoms with Gasteiger partial charge < -0.3 is 0 Å². The lowest BCUT2D eigenvalue weighted by Gasteiger charge is -2.23. The van der Waals surface area contributed by atoms with Crippen LogP contribution >= 0.6 is 0 Å². The fourth-order valence-corrected chi connectivity index (χ4v) is 2.63. The normalized spacial score (nSPS) is 11.9. The maximum Gasteiger partial charge on any atom is 0.268 e. The Morgan fingerprint density at radius 1 is 1.04 bits per heavy atom. The van der Waals surface area contributed by atoms with Gasteiger partial charge in [-0.2, -0.15) is 0 Å². The Hall–Kier alpha value is -2.49. The van der Waals surface area contributed by atoms with E-state index in [0.29, 0.717) is 17.0 Å². The van der Waals surface area contributed by atoms with Gasteiger partial charge >= 0.3 is 0 Å². The van der Waals surface area contributed by atoms with Crippen LogP contribution in [0.3, 0.4) is 0 Å². The summed E-state index contributed by atoms with van der Waals surface area (Å²) in [6.45, 7) is 7.95. The number of halogens is 1. The van der Waals surface area contributed by atoms with Gasteiger partial charge in [0.2, 0.25) is 0 Å². The number of benzene rings is 2. The highest BCUT2D eigenvalue weighted by Gasteiger charge is 2.24. The highest BCUT2D eigenvalue weighted by atomic mass is 19.1. The van der Waals surface area contributed by atoms with Gasteiger partial charge in [-0.25, -0.2) is 9.37 Å². The van der Waals surface area contributed by atoms with E-state index in [0.717, 1.165) is 5.56 Å². The zero-order chi connectivity index (χ0) is 16.8. The van der Waals surface area contributed by atoms with Crippen LogP contribution in [-0.2, 0) is 5.41 Å². The van der Waals surface area contributed by atoms with E-state index >= 15 is 0 Å². The molecule has 118 valence electrons. The van der Waals surface area contributed by atoms with Crippen LogP contribution in [0.5, 0.6) is 0 Å². The van der Waals surface area contributed by atoms with Crippen molar-refractivity contribution in [2.45, 2.75) is 33.1 Å². The van der Waals surface area contributed by atoms with Crippen LogP contribution in [0.15, 0.2) is 47.3 Å². The van der Waals surface area contributed by atoms with Crippen molar-refractivity contribution in [2.75, 3.05) is 0 Å². The molecule has 0 spiro atoms. The third-order valence-electron chi connectivity index (χ3n) is 3.81. The average molecular weight is 310 g/mol. The van der Waals surface area contributed by atoms with Crippen molar-refractivity contribution >= 4 is 10.9 Å². The van der Waals surface area contributed by atoms with Crippen LogP contribution in [0, 0.1) is 12.7 Å². The van der Waals surface area contributed by atoms with Gasteiger partial charge in [0.15, 0.2) is 0 Å². The monoisotopic (exact) mass is 310 g/mol. The van der Waals surface area contributed by atoms with Crippen molar-refractivity contribution < 1.29 is 4.39 Å². The van der Waals surface area contributed by atoms with Crippen LogP contribution in [0.25, 0.3) is 16.6 Å². The van der Waals surface area contributed by atoms with E-state index in [1.807, 2.05) is 52.0 Å². The van der Waals surface area contributed by atoms with Crippen molar-refractivity contribution in [1.82, 2.24) is 9.55 Å². The molecule has 23 heavy (non-hydrogen) atoms. The molecule has 1 aromatic heterocycles. The molecule has 0 radical (unpaired) electrons. The van der Waals surface area contributed by atoms with Crippen LogP contribution in [-0.4, -0.2) is 9.55 Å². The first-order valence-corrected chi connectivity index (χ1v) is 7.58. The number of hydrogen-bond donors (Lipinski definition) is 0. The van der Waals surface area contributed by atoms with Gasteiger partial charge in [-0.05, 0) is 31.2 Å². The highest BCUT2D eigenvalue weighted by molar-refractivity contribution is 5.78. The molecule has 0 fully saturated rings. The summed E-state index contributed by atoms with van der Waals surface area (Å²) >= 11 is 0. The molecule has 0 amide bonds. The molecule has 0 N–H and O–H groups in total. The zero-order valence-corrected chi connectivity index (χ0v) is 13.7. The Kier molecular flexibility index (Phi) is 3.55. The largest absolute Gasteiger partial charge is 0.268 e. The van der Waals surface area contributed by atoms with Gasteiger partial charge in [-0.3, -0.25) is 9.36 Å². The Bertz CT molecular complexity index is 934. The number of aromatic nitrogens is 2. The molecule has 1 heterocycles. The van der Waals surface area contributed by atoms with E-state index in [1.54, 1.807) is 12.1 Å². The van der Waals surface area contributed by atoms with Gasteiger partial charge in [0, 0.05) is 5.41 Å². The summed E-state index contributed by atoms with van der Waals surface area (Å²) in [5, 5.41) is 0.0288. The lowest BCUT2D eigenvalue weighted by Crippen LogP contribution is -2.31. The zero-order valence-electron chi connectivity index (χ0n) is 13.7. The smallest absolute Gasteiger partial charge is 0.268 e. The minimum Gasteiger partial charge on any atom is -0.268 e. The van der Waals surface area contributed by atoms with Crippen molar-refractivity contribution in [1.29, 1.82) is 0 Å². The Morgan fingerprint density at radius 2 is 1.70 bits per heavy atom. The van der Waals surface area contributed by atoms with Crippen molar-refractivity contribution in [2.24, 2.45) is 0 Å². The minimum absolute atomic E-state index is 0.0288. The lowest BCUT2D eigenvalue weighted by atomic mass is 9.94. The minimum atomic E-state index is -0.540. The van der Waals surface area contributed by atoms with E-state index in [-0.39, 0.29) is 16.4 Å². The van der Waals surface area contributed by atoms with E-state index in [2.05, 4.69) is 4.98 Å². The standard InChI is InChI=1S/C19H19FN2O/c1-12-8-10-13(11-9-12)22-17(23)16-14(20)6-5-7-15(16)21-18(22)19(2,3)4/h5-11H,1-4H3. The Morgan fingerprint density at radius 3 is 2.30 bits per heavy atom. The number of hydrogen-bond acceptors (Lipinski definition) is 2. The first-order valence-electron chi connectivity index (χ1n) is 7.58. The third-order valence-corrected chi connectivity index (χ3v) is 3.81.